The van der Waals surface area contributed by atoms with Crippen LogP contribution in [-0.4, -0.2) is 76.1 Å². The van der Waals surface area contributed by atoms with Crippen molar-refractivity contribution in [1.82, 2.24) is 19.9 Å². The number of pyridine rings is 1. The zero-order valence-electron chi connectivity index (χ0n) is 19.4. The molecule has 1 atom stereocenters. The number of thioether (sulfide) groups is 1. The number of oxazole rings is 1. The Hall–Kier alpha value is -3.67. The van der Waals surface area contributed by atoms with Crippen LogP contribution in [-0.2, 0) is 4.79 Å². The molecular formula is C22H27N7O4S. The average Bonchev–Trinajstić information content (AvgIpc) is 3.46. The minimum Gasteiger partial charge on any atom is -0.477 e. The van der Waals surface area contributed by atoms with Crippen molar-refractivity contribution in [3.05, 3.63) is 42.2 Å². The highest BCUT2D eigenvalue weighted by atomic mass is 32.2. The zero-order chi connectivity index (χ0) is 24.7. The Kier molecular flexibility index (Phi) is 8.41. The SMILES string of the molecule is CN1c2nc(C(=O)O)ccc2N2CCC1C2.CSC.Cc1ncc(-c2ccnc(NC=O)n2)o1. The molecule has 0 radical (unpaired) electrons. The highest BCUT2D eigenvalue weighted by Crippen LogP contribution is 2.37. The number of rotatable bonds is 4. The summed E-state index contributed by atoms with van der Waals surface area (Å²) in [5.41, 5.74) is 1.75. The van der Waals surface area contributed by atoms with Crippen molar-refractivity contribution in [2.75, 3.05) is 47.8 Å². The Labute approximate surface area is 201 Å². The van der Waals surface area contributed by atoms with Crippen LogP contribution in [0, 0.1) is 6.92 Å². The molecule has 1 unspecified atom stereocenters. The van der Waals surface area contributed by atoms with Gasteiger partial charge in [0.05, 0.1) is 11.9 Å². The van der Waals surface area contributed by atoms with Gasteiger partial charge >= 0.3 is 5.97 Å². The first-order valence-corrected chi connectivity index (χ1v) is 12.1. The third kappa shape index (κ3) is 5.81. The van der Waals surface area contributed by atoms with Crippen LogP contribution < -0.4 is 15.1 Å². The number of anilines is 3. The summed E-state index contributed by atoms with van der Waals surface area (Å²) in [4.78, 5) is 41.5. The summed E-state index contributed by atoms with van der Waals surface area (Å²) < 4.78 is 5.29. The summed E-state index contributed by atoms with van der Waals surface area (Å²) in [6.45, 7) is 3.81. The van der Waals surface area contributed by atoms with Crippen LogP contribution in [0.1, 0.15) is 22.8 Å². The second-order valence-electron chi connectivity index (χ2n) is 7.52. The first kappa shape index (κ1) is 25.0. The van der Waals surface area contributed by atoms with Crippen molar-refractivity contribution in [3.63, 3.8) is 0 Å². The number of aromatic carboxylic acids is 1. The Morgan fingerprint density at radius 2 is 2.03 bits per heavy atom. The molecule has 1 saturated heterocycles. The van der Waals surface area contributed by atoms with E-state index in [0.717, 1.165) is 31.0 Å². The van der Waals surface area contributed by atoms with Crippen LogP contribution >= 0.6 is 11.8 Å². The van der Waals surface area contributed by atoms with E-state index in [-0.39, 0.29) is 11.6 Å². The smallest absolute Gasteiger partial charge is 0.354 e. The van der Waals surface area contributed by atoms with Gasteiger partial charge in [0.25, 0.3) is 0 Å². The standard InChI is InChI=1S/C11H13N3O2.C9H8N4O2.C2H6S/c1-13-7-4-5-14(6-7)9-3-2-8(11(15)16)12-10(9)13;1-6-11-4-8(15-6)7-2-3-10-9(13-7)12-5-14;1-3-2/h2-3,7H,4-6H2,1H3,(H,15,16);2-5H,1H3,(H,10,12,13,14);1-2H3. The van der Waals surface area contributed by atoms with Crippen molar-refractivity contribution >= 4 is 41.6 Å². The van der Waals surface area contributed by atoms with E-state index >= 15 is 0 Å². The second-order valence-corrected chi connectivity index (χ2v) is 8.34. The molecule has 1 fully saturated rings. The van der Waals surface area contributed by atoms with Crippen LogP contribution in [0.15, 0.2) is 35.0 Å². The molecule has 0 aliphatic carbocycles. The van der Waals surface area contributed by atoms with Crippen LogP contribution in [0.2, 0.25) is 0 Å². The van der Waals surface area contributed by atoms with Crippen molar-refractivity contribution in [3.8, 4) is 11.5 Å². The van der Waals surface area contributed by atoms with Gasteiger partial charge in [-0.25, -0.2) is 24.7 Å². The number of hydrogen-bond donors (Lipinski definition) is 2. The van der Waals surface area contributed by atoms with Crippen molar-refractivity contribution in [2.24, 2.45) is 0 Å². The maximum absolute atomic E-state index is 10.9. The fraction of sp³-hybridized carbons (Fsp3) is 0.364. The monoisotopic (exact) mass is 485 g/mol. The van der Waals surface area contributed by atoms with Gasteiger partial charge in [-0.15, -0.1) is 0 Å². The number of amides is 1. The summed E-state index contributed by atoms with van der Waals surface area (Å²) in [7, 11) is 1.99. The molecule has 5 heterocycles. The lowest BCUT2D eigenvalue weighted by Crippen LogP contribution is -2.40. The molecule has 0 saturated carbocycles. The summed E-state index contributed by atoms with van der Waals surface area (Å²) in [5.74, 6) is 1.17. The number of carbonyl (C=O) groups excluding carboxylic acids is 1. The molecule has 2 N–H and O–H groups in total. The first-order valence-electron chi connectivity index (χ1n) is 10.5. The van der Waals surface area contributed by atoms with E-state index in [1.807, 2.05) is 25.6 Å². The fourth-order valence-corrected chi connectivity index (χ4v) is 3.61. The fourth-order valence-electron chi connectivity index (χ4n) is 3.61. The Morgan fingerprint density at radius 3 is 2.68 bits per heavy atom. The van der Waals surface area contributed by atoms with E-state index in [0.29, 0.717) is 29.8 Å². The van der Waals surface area contributed by atoms with Crippen LogP contribution in [0.25, 0.3) is 11.5 Å². The molecule has 2 bridgehead atoms. The lowest BCUT2D eigenvalue weighted by molar-refractivity contribution is -0.105. The predicted octanol–water partition coefficient (Wildman–Crippen LogP) is 2.80. The van der Waals surface area contributed by atoms with Gasteiger partial charge in [0.1, 0.15) is 5.69 Å². The number of fused-ring (bicyclic) bond motifs is 4. The second kappa shape index (κ2) is 11.5. The number of aryl methyl sites for hydroxylation is 1. The molecule has 0 spiro atoms. The van der Waals surface area contributed by atoms with E-state index < -0.39 is 5.97 Å². The van der Waals surface area contributed by atoms with Gasteiger partial charge in [0, 0.05) is 39.3 Å². The molecule has 2 aliphatic heterocycles. The number of aromatic nitrogens is 4. The number of carboxylic acid groups (broad SMARTS) is 1. The first-order chi connectivity index (χ1) is 16.4. The Balaban J connectivity index is 0.000000172. The minimum atomic E-state index is -0.968. The Morgan fingerprint density at radius 1 is 1.26 bits per heavy atom. The number of hydrogen-bond acceptors (Lipinski definition) is 10. The molecule has 2 aliphatic rings. The molecule has 3 aromatic heterocycles. The van der Waals surface area contributed by atoms with Crippen molar-refractivity contribution in [1.29, 1.82) is 0 Å². The van der Waals surface area contributed by atoms with Gasteiger partial charge in [0.15, 0.2) is 23.2 Å². The number of carboxylic acids is 1. The molecular weight excluding hydrogens is 458 g/mol. The van der Waals surface area contributed by atoms with Crippen LogP contribution in [0.4, 0.5) is 17.5 Å². The van der Waals surface area contributed by atoms with Gasteiger partial charge < -0.3 is 19.3 Å². The van der Waals surface area contributed by atoms with E-state index in [1.54, 1.807) is 37.0 Å². The zero-order valence-corrected chi connectivity index (χ0v) is 20.2. The van der Waals surface area contributed by atoms with Gasteiger partial charge in [-0.2, -0.15) is 11.8 Å². The third-order valence-electron chi connectivity index (χ3n) is 5.18. The predicted molar refractivity (Wildman–Crippen MR) is 132 cm³/mol. The number of nitrogens with zero attached hydrogens (tertiary/aromatic N) is 6. The molecule has 180 valence electrons. The summed E-state index contributed by atoms with van der Waals surface area (Å²) in [6, 6.07) is 5.59. The normalized spacial score (nSPS) is 15.4. The maximum atomic E-state index is 10.9. The molecule has 1 amide bonds. The molecule has 5 rings (SSSR count). The van der Waals surface area contributed by atoms with E-state index in [4.69, 9.17) is 9.52 Å². The van der Waals surface area contributed by atoms with E-state index in [2.05, 4.69) is 35.1 Å². The largest absolute Gasteiger partial charge is 0.477 e. The van der Waals surface area contributed by atoms with Crippen molar-refractivity contribution in [2.45, 2.75) is 19.4 Å². The quantitative estimate of drug-likeness (QED) is 0.528. The van der Waals surface area contributed by atoms with Gasteiger partial charge in [0.2, 0.25) is 12.4 Å². The maximum Gasteiger partial charge on any atom is 0.354 e. The minimum absolute atomic E-state index is 0.119. The summed E-state index contributed by atoms with van der Waals surface area (Å²) in [6.07, 6.45) is 8.83. The van der Waals surface area contributed by atoms with Gasteiger partial charge in [-0.3, -0.25) is 10.1 Å². The Bertz CT molecular complexity index is 1140. The summed E-state index contributed by atoms with van der Waals surface area (Å²) in [5, 5.41) is 11.3. The van der Waals surface area contributed by atoms with Gasteiger partial charge in [-0.05, 0) is 37.1 Å². The van der Waals surface area contributed by atoms with Crippen LogP contribution in [0.3, 0.4) is 0 Å². The topological polar surface area (TPSA) is 138 Å². The molecule has 3 aromatic rings. The van der Waals surface area contributed by atoms with E-state index in [1.165, 1.54) is 6.20 Å². The van der Waals surface area contributed by atoms with Crippen LogP contribution in [0.5, 0.6) is 0 Å². The van der Waals surface area contributed by atoms with E-state index in [9.17, 15) is 9.59 Å². The highest BCUT2D eigenvalue weighted by molar-refractivity contribution is 7.97. The molecule has 0 aromatic carbocycles. The average molecular weight is 486 g/mol. The number of likely N-dealkylation sites (N-methyl/N-ethyl adjacent to an activating group) is 1. The van der Waals surface area contributed by atoms with Crippen molar-refractivity contribution < 1.29 is 19.1 Å². The highest BCUT2D eigenvalue weighted by Gasteiger charge is 2.35. The van der Waals surface area contributed by atoms with Gasteiger partial charge in [-0.1, -0.05) is 0 Å². The summed E-state index contributed by atoms with van der Waals surface area (Å²) >= 11 is 1.75. The number of nitrogens with one attached hydrogen (secondary N) is 1. The lowest BCUT2D eigenvalue weighted by Gasteiger charge is -2.34. The molecule has 12 heteroatoms. The third-order valence-corrected chi connectivity index (χ3v) is 5.18. The molecule has 11 nitrogen and oxygen atoms in total. The lowest BCUT2D eigenvalue weighted by atomic mass is 10.2. The molecule has 34 heavy (non-hydrogen) atoms. The number of carbonyl (C=O) groups is 2.